The van der Waals surface area contributed by atoms with E-state index in [0.717, 1.165) is 41.5 Å². The smallest absolute Gasteiger partial charge is 0.145 e. The fourth-order valence-corrected chi connectivity index (χ4v) is 2.28. The number of aromatic nitrogens is 2. The van der Waals surface area contributed by atoms with Crippen LogP contribution in [0.5, 0.6) is 0 Å². The second-order valence-electron chi connectivity index (χ2n) is 4.49. The van der Waals surface area contributed by atoms with E-state index in [1.165, 1.54) is 19.3 Å². The Morgan fingerprint density at radius 3 is 2.59 bits per heavy atom. The van der Waals surface area contributed by atoms with Crippen LogP contribution in [0.25, 0.3) is 0 Å². The third-order valence-electron chi connectivity index (χ3n) is 3.11. The molecular formula is C12H19BrN4. The molecule has 0 aliphatic heterocycles. The molecule has 1 aromatic heterocycles. The van der Waals surface area contributed by atoms with Gasteiger partial charge in [0.05, 0.1) is 0 Å². The number of rotatable bonds is 6. The first-order chi connectivity index (χ1) is 8.31. The molecule has 2 N–H and O–H groups in total. The average molecular weight is 299 g/mol. The third-order valence-corrected chi connectivity index (χ3v) is 3.87. The number of nitrogens with one attached hydrogen (secondary N) is 2. The Balaban J connectivity index is 1.95. The van der Waals surface area contributed by atoms with Crippen LogP contribution in [0.4, 0.5) is 11.6 Å². The van der Waals surface area contributed by atoms with Gasteiger partial charge in [-0.25, -0.2) is 9.97 Å². The highest BCUT2D eigenvalue weighted by Gasteiger charge is 2.17. The van der Waals surface area contributed by atoms with Crippen LogP contribution in [0.15, 0.2) is 10.8 Å². The van der Waals surface area contributed by atoms with Gasteiger partial charge in [0.2, 0.25) is 0 Å². The summed E-state index contributed by atoms with van der Waals surface area (Å²) in [5.74, 6) is 2.59. The molecule has 1 aromatic rings. The van der Waals surface area contributed by atoms with Crippen LogP contribution in [0, 0.1) is 5.92 Å². The fourth-order valence-electron chi connectivity index (χ4n) is 1.80. The topological polar surface area (TPSA) is 49.8 Å². The van der Waals surface area contributed by atoms with Gasteiger partial charge < -0.3 is 10.6 Å². The van der Waals surface area contributed by atoms with Crippen LogP contribution < -0.4 is 10.6 Å². The van der Waals surface area contributed by atoms with Crippen molar-refractivity contribution in [2.75, 3.05) is 23.7 Å². The normalized spacial score (nSPS) is 15.4. The van der Waals surface area contributed by atoms with Crippen molar-refractivity contribution in [1.29, 1.82) is 0 Å². The molecule has 0 amide bonds. The van der Waals surface area contributed by atoms with Gasteiger partial charge in [0.25, 0.3) is 0 Å². The number of nitrogens with zero attached hydrogens (tertiary/aromatic N) is 2. The Kier molecular flexibility index (Phi) is 4.59. The zero-order valence-electron chi connectivity index (χ0n) is 10.2. The molecule has 5 heteroatoms. The van der Waals surface area contributed by atoms with Crippen LogP contribution in [-0.4, -0.2) is 23.1 Å². The summed E-state index contributed by atoms with van der Waals surface area (Å²) >= 11 is 3.55. The molecule has 0 aromatic carbocycles. The van der Waals surface area contributed by atoms with Gasteiger partial charge in [0, 0.05) is 13.1 Å². The Bertz CT molecular complexity index is 366. The van der Waals surface area contributed by atoms with Crippen molar-refractivity contribution in [2.45, 2.75) is 32.6 Å². The largest absolute Gasteiger partial charge is 0.369 e. The SMILES string of the molecule is CCCNc1ncnc(NCC2CCC2)c1Br. The van der Waals surface area contributed by atoms with E-state index in [1.807, 2.05) is 0 Å². The number of anilines is 2. The fraction of sp³-hybridized carbons (Fsp3) is 0.667. The summed E-state index contributed by atoms with van der Waals surface area (Å²) in [4.78, 5) is 8.50. The van der Waals surface area contributed by atoms with Gasteiger partial charge in [-0.3, -0.25) is 0 Å². The highest BCUT2D eigenvalue weighted by atomic mass is 79.9. The van der Waals surface area contributed by atoms with Crippen LogP contribution in [0.3, 0.4) is 0 Å². The van der Waals surface area contributed by atoms with Gasteiger partial charge in [-0.05, 0) is 41.1 Å². The van der Waals surface area contributed by atoms with Gasteiger partial charge in [-0.1, -0.05) is 13.3 Å². The van der Waals surface area contributed by atoms with Gasteiger partial charge in [0.1, 0.15) is 22.4 Å². The molecular weight excluding hydrogens is 280 g/mol. The van der Waals surface area contributed by atoms with Crippen molar-refractivity contribution in [3.63, 3.8) is 0 Å². The minimum atomic E-state index is 0.823. The number of hydrogen-bond donors (Lipinski definition) is 2. The summed E-state index contributed by atoms with van der Waals surface area (Å²) < 4.78 is 0.938. The van der Waals surface area contributed by atoms with E-state index in [9.17, 15) is 0 Å². The van der Waals surface area contributed by atoms with Crippen molar-refractivity contribution in [3.05, 3.63) is 10.8 Å². The number of halogens is 1. The summed E-state index contributed by atoms with van der Waals surface area (Å²) in [6.07, 6.45) is 6.75. The predicted octanol–water partition coefficient (Wildman–Crippen LogP) is 3.27. The summed E-state index contributed by atoms with van der Waals surface area (Å²) in [5, 5.41) is 6.67. The molecule has 94 valence electrons. The van der Waals surface area contributed by atoms with Crippen LogP contribution in [0.2, 0.25) is 0 Å². The first kappa shape index (κ1) is 12.6. The molecule has 17 heavy (non-hydrogen) atoms. The van der Waals surface area contributed by atoms with E-state index in [-0.39, 0.29) is 0 Å². The van der Waals surface area contributed by atoms with E-state index in [4.69, 9.17) is 0 Å². The lowest BCUT2D eigenvalue weighted by atomic mass is 9.85. The van der Waals surface area contributed by atoms with E-state index in [1.54, 1.807) is 6.33 Å². The zero-order chi connectivity index (χ0) is 12.1. The monoisotopic (exact) mass is 298 g/mol. The molecule has 2 rings (SSSR count). The van der Waals surface area contributed by atoms with Gasteiger partial charge in [-0.15, -0.1) is 0 Å². The second-order valence-corrected chi connectivity index (χ2v) is 5.28. The standard InChI is InChI=1S/C12H19BrN4/c1-2-6-14-11-10(13)12(17-8-16-11)15-7-9-4-3-5-9/h8-9H,2-7H2,1H3,(H2,14,15,16,17). The Labute approximate surface area is 111 Å². The lowest BCUT2D eigenvalue weighted by Crippen LogP contribution is -2.21. The van der Waals surface area contributed by atoms with E-state index in [2.05, 4.69) is 43.5 Å². The lowest BCUT2D eigenvalue weighted by molar-refractivity contribution is 0.333. The average Bonchev–Trinajstić information content (AvgIpc) is 2.27. The molecule has 4 nitrogen and oxygen atoms in total. The van der Waals surface area contributed by atoms with Gasteiger partial charge in [0.15, 0.2) is 0 Å². The van der Waals surface area contributed by atoms with Crippen molar-refractivity contribution in [3.8, 4) is 0 Å². The summed E-state index contributed by atoms with van der Waals surface area (Å²) in [5.41, 5.74) is 0. The maximum atomic E-state index is 4.27. The van der Waals surface area contributed by atoms with E-state index >= 15 is 0 Å². The summed E-state index contributed by atoms with van der Waals surface area (Å²) in [6, 6.07) is 0. The van der Waals surface area contributed by atoms with Crippen molar-refractivity contribution in [1.82, 2.24) is 9.97 Å². The van der Waals surface area contributed by atoms with Gasteiger partial charge in [-0.2, -0.15) is 0 Å². The first-order valence-corrected chi connectivity index (χ1v) is 7.08. The quantitative estimate of drug-likeness (QED) is 0.846. The lowest BCUT2D eigenvalue weighted by Gasteiger charge is -2.25. The molecule has 1 saturated carbocycles. The molecule has 0 atom stereocenters. The highest BCUT2D eigenvalue weighted by Crippen LogP contribution is 2.29. The first-order valence-electron chi connectivity index (χ1n) is 6.29. The second kappa shape index (κ2) is 6.19. The molecule has 0 spiro atoms. The number of hydrogen-bond acceptors (Lipinski definition) is 4. The van der Waals surface area contributed by atoms with E-state index < -0.39 is 0 Å². The maximum Gasteiger partial charge on any atom is 0.145 e. The molecule has 0 saturated heterocycles. The Hall–Kier alpha value is -0.840. The molecule has 1 fully saturated rings. The minimum absolute atomic E-state index is 0.823. The highest BCUT2D eigenvalue weighted by molar-refractivity contribution is 9.10. The molecule has 1 aliphatic rings. The maximum absolute atomic E-state index is 4.27. The van der Waals surface area contributed by atoms with Crippen molar-refractivity contribution < 1.29 is 0 Å². The van der Waals surface area contributed by atoms with E-state index in [0.29, 0.717) is 0 Å². The third kappa shape index (κ3) is 3.31. The zero-order valence-corrected chi connectivity index (χ0v) is 11.8. The van der Waals surface area contributed by atoms with Crippen molar-refractivity contribution >= 4 is 27.6 Å². The molecule has 0 radical (unpaired) electrons. The summed E-state index contributed by atoms with van der Waals surface area (Å²) in [6.45, 7) is 4.08. The molecule has 0 bridgehead atoms. The van der Waals surface area contributed by atoms with Crippen LogP contribution in [-0.2, 0) is 0 Å². The van der Waals surface area contributed by atoms with Crippen molar-refractivity contribution in [2.24, 2.45) is 5.92 Å². The molecule has 0 unspecified atom stereocenters. The summed E-state index contributed by atoms with van der Waals surface area (Å²) in [7, 11) is 0. The predicted molar refractivity (Wildman–Crippen MR) is 74.3 cm³/mol. The van der Waals surface area contributed by atoms with Crippen LogP contribution in [0.1, 0.15) is 32.6 Å². The minimum Gasteiger partial charge on any atom is -0.369 e. The van der Waals surface area contributed by atoms with Crippen LogP contribution >= 0.6 is 15.9 Å². The Morgan fingerprint density at radius 1 is 1.29 bits per heavy atom. The Morgan fingerprint density at radius 2 is 2.00 bits per heavy atom. The molecule has 1 aliphatic carbocycles. The molecule has 1 heterocycles. The van der Waals surface area contributed by atoms with Gasteiger partial charge >= 0.3 is 0 Å².